The third-order valence-corrected chi connectivity index (χ3v) is 1.94. The highest BCUT2D eigenvalue weighted by Gasteiger charge is 2.36. The van der Waals surface area contributed by atoms with Crippen LogP contribution in [0.2, 0.25) is 0 Å². The van der Waals surface area contributed by atoms with Crippen LogP contribution < -0.4 is 0 Å². The second-order valence-corrected chi connectivity index (χ2v) is 2.98. The van der Waals surface area contributed by atoms with Crippen LogP contribution in [0.1, 0.15) is 21.5 Å². The minimum atomic E-state index is -4.87. The lowest BCUT2D eigenvalue weighted by atomic mass is 10.0. The Morgan fingerprint density at radius 2 is 2.00 bits per heavy atom. The van der Waals surface area contributed by atoms with Crippen LogP contribution in [-0.2, 0) is 10.9 Å². The molecular formula is C10H5F4NO2. The van der Waals surface area contributed by atoms with Crippen molar-refractivity contribution in [2.45, 2.75) is 6.18 Å². The van der Waals surface area contributed by atoms with Crippen molar-refractivity contribution in [1.29, 1.82) is 5.26 Å². The van der Waals surface area contributed by atoms with Gasteiger partial charge in [0.05, 0.1) is 23.8 Å². The summed E-state index contributed by atoms with van der Waals surface area (Å²) in [5, 5.41) is 8.42. The Balaban J connectivity index is 3.54. The van der Waals surface area contributed by atoms with Gasteiger partial charge in [-0.05, 0) is 12.1 Å². The highest BCUT2D eigenvalue weighted by molar-refractivity contribution is 5.91. The minimum absolute atomic E-state index is 0.279. The van der Waals surface area contributed by atoms with Crippen molar-refractivity contribution in [1.82, 2.24) is 0 Å². The van der Waals surface area contributed by atoms with Gasteiger partial charge in [0, 0.05) is 0 Å². The number of alkyl halides is 3. The molecule has 0 unspecified atom stereocenters. The molecule has 17 heavy (non-hydrogen) atoms. The van der Waals surface area contributed by atoms with E-state index in [1.807, 2.05) is 0 Å². The summed E-state index contributed by atoms with van der Waals surface area (Å²) in [6.07, 6.45) is -4.87. The van der Waals surface area contributed by atoms with Crippen LogP contribution >= 0.6 is 0 Å². The van der Waals surface area contributed by atoms with Gasteiger partial charge in [-0.15, -0.1) is 0 Å². The number of hydrogen-bond donors (Lipinski definition) is 0. The molecule has 0 aliphatic rings. The third-order valence-electron chi connectivity index (χ3n) is 1.94. The number of carbonyl (C=O) groups excluding carboxylic acids is 1. The zero-order valence-electron chi connectivity index (χ0n) is 8.43. The quantitative estimate of drug-likeness (QED) is 0.566. The minimum Gasteiger partial charge on any atom is -0.465 e. The summed E-state index contributed by atoms with van der Waals surface area (Å²) in [5.41, 5.74) is -3.15. The lowest BCUT2D eigenvalue weighted by Gasteiger charge is -2.11. The fourth-order valence-electron chi connectivity index (χ4n) is 1.17. The van der Waals surface area contributed by atoms with E-state index in [-0.39, 0.29) is 6.07 Å². The largest absolute Gasteiger partial charge is 0.465 e. The average molecular weight is 247 g/mol. The average Bonchev–Trinajstić information content (AvgIpc) is 2.26. The lowest BCUT2D eigenvalue weighted by molar-refractivity contribution is -0.138. The molecule has 1 aromatic rings. The molecule has 0 saturated heterocycles. The summed E-state index contributed by atoms with van der Waals surface area (Å²) >= 11 is 0. The SMILES string of the molecule is COC(=O)c1cc(F)c(C#N)cc1C(F)(F)F. The Bertz CT molecular complexity index is 502. The van der Waals surface area contributed by atoms with Crippen molar-refractivity contribution >= 4 is 5.97 Å². The highest BCUT2D eigenvalue weighted by atomic mass is 19.4. The Hall–Kier alpha value is -2.10. The molecule has 3 nitrogen and oxygen atoms in total. The van der Waals surface area contributed by atoms with Crippen LogP contribution in [0.5, 0.6) is 0 Å². The van der Waals surface area contributed by atoms with E-state index < -0.39 is 34.7 Å². The van der Waals surface area contributed by atoms with Gasteiger partial charge in [-0.3, -0.25) is 0 Å². The van der Waals surface area contributed by atoms with Gasteiger partial charge < -0.3 is 4.74 Å². The highest BCUT2D eigenvalue weighted by Crippen LogP contribution is 2.33. The van der Waals surface area contributed by atoms with Gasteiger partial charge in [0.25, 0.3) is 0 Å². The number of rotatable bonds is 1. The molecule has 7 heteroatoms. The van der Waals surface area contributed by atoms with E-state index in [0.717, 1.165) is 7.11 Å². The Kier molecular flexibility index (Phi) is 3.36. The summed E-state index contributed by atoms with van der Waals surface area (Å²) in [4.78, 5) is 11.1. The van der Waals surface area contributed by atoms with Crippen LogP contribution in [0, 0.1) is 17.1 Å². The summed E-state index contributed by atoms with van der Waals surface area (Å²) < 4.78 is 54.9. The molecule has 0 aromatic heterocycles. The first-order valence-corrected chi connectivity index (χ1v) is 4.20. The van der Waals surface area contributed by atoms with Crippen molar-refractivity contribution in [2.75, 3.05) is 7.11 Å². The summed E-state index contributed by atoms with van der Waals surface area (Å²) in [7, 11) is 0.874. The maximum atomic E-state index is 13.1. The molecule has 0 heterocycles. The fourth-order valence-corrected chi connectivity index (χ4v) is 1.17. The van der Waals surface area contributed by atoms with Gasteiger partial charge in [0.15, 0.2) is 0 Å². The molecule has 0 N–H and O–H groups in total. The van der Waals surface area contributed by atoms with Crippen molar-refractivity contribution in [3.8, 4) is 6.07 Å². The monoisotopic (exact) mass is 247 g/mol. The number of carbonyl (C=O) groups is 1. The Morgan fingerprint density at radius 3 is 2.41 bits per heavy atom. The van der Waals surface area contributed by atoms with Crippen molar-refractivity contribution in [2.24, 2.45) is 0 Å². The molecule has 0 amide bonds. The van der Waals surface area contributed by atoms with E-state index in [1.54, 1.807) is 0 Å². The molecule has 0 fully saturated rings. The first kappa shape index (κ1) is 13.0. The molecule has 90 valence electrons. The first-order valence-electron chi connectivity index (χ1n) is 4.20. The molecule has 0 atom stereocenters. The smallest absolute Gasteiger partial charge is 0.417 e. The van der Waals surface area contributed by atoms with Crippen molar-refractivity contribution < 1.29 is 27.1 Å². The number of nitriles is 1. The van der Waals surface area contributed by atoms with E-state index >= 15 is 0 Å². The van der Waals surface area contributed by atoms with Gasteiger partial charge in [-0.2, -0.15) is 18.4 Å². The van der Waals surface area contributed by atoms with E-state index in [1.165, 1.54) is 6.07 Å². The van der Waals surface area contributed by atoms with Crippen molar-refractivity contribution in [3.05, 3.63) is 34.6 Å². The number of methoxy groups -OCH3 is 1. The molecular weight excluding hydrogens is 242 g/mol. The zero-order valence-corrected chi connectivity index (χ0v) is 8.43. The molecule has 0 aliphatic carbocycles. The van der Waals surface area contributed by atoms with Crippen LogP contribution in [-0.4, -0.2) is 13.1 Å². The predicted molar refractivity (Wildman–Crippen MR) is 47.5 cm³/mol. The molecule has 1 rings (SSSR count). The topological polar surface area (TPSA) is 50.1 Å². The third kappa shape index (κ3) is 2.53. The second kappa shape index (κ2) is 4.41. The maximum absolute atomic E-state index is 13.1. The molecule has 0 saturated carbocycles. The molecule has 0 aliphatic heterocycles. The van der Waals surface area contributed by atoms with Gasteiger partial charge in [0.1, 0.15) is 11.9 Å². The molecule has 0 spiro atoms. The Morgan fingerprint density at radius 1 is 1.41 bits per heavy atom. The van der Waals surface area contributed by atoms with E-state index in [0.29, 0.717) is 6.07 Å². The van der Waals surface area contributed by atoms with E-state index in [2.05, 4.69) is 4.74 Å². The number of benzene rings is 1. The fraction of sp³-hybridized carbons (Fsp3) is 0.200. The number of ether oxygens (including phenoxy) is 1. The van der Waals surface area contributed by atoms with E-state index in [4.69, 9.17) is 5.26 Å². The van der Waals surface area contributed by atoms with Gasteiger partial charge in [-0.1, -0.05) is 0 Å². The number of nitrogens with zero attached hydrogens (tertiary/aromatic N) is 1. The zero-order chi connectivity index (χ0) is 13.2. The van der Waals surface area contributed by atoms with E-state index in [9.17, 15) is 22.4 Å². The van der Waals surface area contributed by atoms with Crippen LogP contribution in [0.15, 0.2) is 12.1 Å². The maximum Gasteiger partial charge on any atom is 0.417 e. The number of halogens is 4. The van der Waals surface area contributed by atoms with Crippen molar-refractivity contribution in [3.63, 3.8) is 0 Å². The predicted octanol–water partition coefficient (Wildman–Crippen LogP) is 2.50. The Labute approximate surface area is 93.2 Å². The second-order valence-electron chi connectivity index (χ2n) is 2.98. The molecule has 0 radical (unpaired) electrons. The van der Waals surface area contributed by atoms with Crippen LogP contribution in [0.4, 0.5) is 17.6 Å². The molecule has 0 bridgehead atoms. The van der Waals surface area contributed by atoms with Crippen LogP contribution in [0.25, 0.3) is 0 Å². The standard InChI is InChI=1S/C10H5F4NO2/c1-17-9(16)6-3-8(11)5(4-15)2-7(6)10(12,13)14/h2-3H,1H3. The summed E-state index contributed by atoms with van der Waals surface area (Å²) in [6.45, 7) is 0. The normalized spacial score (nSPS) is 10.8. The van der Waals surface area contributed by atoms with Crippen LogP contribution in [0.3, 0.4) is 0 Å². The summed E-state index contributed by atoms with van der Waals surface area (Å²) in [6, 6.07) is 1.88. The van der Waals surface area contributed by atoms with Gasteiger partial charge in [-0.25, -0.2) is 9.18 Å². The number of hydrogen-bond acceptors (Lipinski definition) is 3. The summed E-state index contributed by atoms with van der Waals surface area (Å²) in [5.74, 6) is -2.53. The number of esters is 1. The molecule has 1 aromatic carbocycles. The first-order chi connectivity index (χ1) is 7.81. The lowest BCUT2D eigenvalue weighted by Crippen LogP contribution is -2.15. The van der Waals surface area contributed by atoms with Gasteiger partial charge in [0.2, 0.25) is 0 Å². The van der Waals surface area contributed by atoms with Gasteiger partial charge >= 0.3 is 12.1 Å².